The number of hydrogen-bond acceptors (Lipinski definition) is 2. The van der Waals surface area contributed by atoms with Gasteiger partial charge < -0.3 is 4.74 Å². The molecule has 0 saturated carbocycles. The first-order valence-corrected chi connectivity index (χ1v) is 8.82. The van der Waals surface area contributed by atoms with Crippen LogP contribution in [0.1, 0.15) is 43.9 Å². The quantitative estimate of drug-likeness (QED) is 0.489. The van der Waals surface area contributed by atoms with Crippen molar-refractivity contribution < 1.29 is 4.74 Å². The summed E-state index contributed by atoms with van der Waals surface area (Å²) in [5.74, 6) is 1.18. The summed E-state index contributed by atoms with van der Waals surface area (Å²) < 4.78 is 5.98. The Balaban J connectivity index is 2.09. The van der Waals surface area contributed by atoms with Crippen LogP contribution in [-0.2, 0) is 4.74 Å². The molecule has 1 atom stereocenters. The van der Waals surface area contributed by atoms with Crippen molar-refractivity contribution in [1.29, 1.82) is 0 Å². The Morgan fingerprint density at radius 1 is 1.14 bits per heavy atom. The molecule has 2 heteroatoms. The van der Waals surface area contributed by atoms with E-state index in [9.17, 15) is 0 Å². The van der Waals surface area contributed by atoms with Gasteiger partial charge in [0, 0.05) is 17.1 Å². The van der Waals surface area contributed by atoms with Gasteiger partial charge in [-0.05, 0) is 41.5 Å². The Labute approximate surface area is 131 Å². The monoisotopic (exact) mass is 298 g/mol. The number of thioether (sulfide) groups is 1. The topological polar surface area (TPSA) is 9.23 Å². The minimum Gasteiger partial charge on any atom is -0.370 e. The Kier molecular flexibility index (Phi) is 4.67. The predicted molar refractivity (Wildman–Crippen MR) is 93.0 cm³/mol. The summed E-state index contributed by atoms with van der Waals surface area (Å²) in [6.45, 7) is 5.06. The lowest BCUT2D eigenvalue weighted by atomic mass is 9.91. The lowest BCUT2D eigenvalue weighted by Gasteiger charge is -2.24. The lowest BCUT2D eigenvalue weighted by molar-refractivity contribution is 0.0962. The summed E-state index contributed by atoms with van der Waals surface area (Å²) in [5, 5.41) is 2.69. The van der Waals surface area contributed by atoms with E-state index < -0.39 is 0 Å². The van der Waals surface area contributed by atoms with Crippen LogP contribution in [0.3, 0.4) is 0 Å². The molecule has 0 amide bonds. The summed E-state index contributed by atoms with van der Waals surface area (Å²) in [5.41, 5.74) is 2.69. The van der Waals surface area contributed by atoms with E-state index in [2.05, 4.69) is 56.3 Å². The van der Waals surface area contributed by atoms with Crippen LogP contribution in [0.4, 0.5) is 0 Å². The van der Waals surface area contributed by atoms with Crippen molar-refractivity contribution in [2.24, 2.45) is 0 Å². The Morgan fingerprint density at radius 3 is 2.86 bits per heavy atom. The van der Waals surface area contributed by atoms with E-state index in [0.717, 1.165) is 6.61 Å². The van der Waals surface area contributed by atoms with E-state index in [1.807, 2.05) is 11.8 Å². The van der Waals surface area contributed by atoms with Crippen LogP contribution in [0.25, 0.3) is 16.8 Å². The van der Waals surface area contributed by atoms with Gasteiger partial charge in [-0.15, -0.1) is 11.8 Å². The van der Waals surface area contributed by atoms with Crippen LogP contribution in [-0.4, -0.2) is 12.4 Å². The summed E-state index contributed by atoms with van der Waals surface area (Å²) in [6.07, 6.45) is 7.01. The molecule has 1 unspecified atom stereocenters. The molecule has 21 heavy (non-hydrogen) atoms. The smallest absolute Gasteiger partial charge is 0.103 e. The van der Waals surface area contributed by atoms with Gasteiger partial charge in [0.15, 0.2) is 0 Å². The van der Waals surface area contributed by atoms with Gasteiger partial charge in [0.25, 0.3) is 0 Å². The van der Waals surface area contributed by atoms with Crippen LogP contribution in [0, 0.1) is 0 Å². The van der Waals surface area contributed by atoms with Crippen molar-refractivity contribution in [2.75, 3.05) is 12.4 Å². The molecule has 0 aliphatic heterocycles. The summed E-state index contributed by atoms with van der Waals surface area (Å²) in [6, 6.07) is 11.1. The highest BCUT2D eigenvalue weighted by Crippen LogP contribution is 2.41. The maximum atomic E-state index is 5.98. The van der Waals surface area contributed by atoms with E-state index in [4.69, 9.17) is 4.74 Å². The fourth-order valence-corrected chi connectivity index (χ4v) is 4.09. The number of ether oxygens (including phenoxy) is 1. The molecule has 1 nitrogen and oxygen atoms in total. The molecule has 2 aromatic rings. The Morgan fingerprint density at radius 2 is 2.05 bits per heavy atom. The van der Waals surface area contributed by atoms with Crippen molar-refractivity contribution in [3.8, 4) is 0 Å². The van der Waals surface area contributed by atoms with Gasteiger partial charge in [-0.3, -0.25) is 0 Å². The third-order valence-corrected chi connectivity index (χ3v) is 5.07. The van der Waals surface area contributed by atoms with Crippen molar-refractivity contribution in [2.45, 2.75) is 37.7 Å². The molecule has 0 aromatic heterocycles. The largest absolute Gasteiger partial charge is 0.370 e. The van der Waals surface area contributed by atoms with Crippen LogP contribution in [0.5, 0.6) is 0 Å². The highest BCUT2D eigenvalue weighted by Gasteiger charge is 2.21. The van der Waals surface area contributed by atoms with Crippen LogP contribution < -0.4 is 0 Å². The highest BCUT2D eigenvalue weighted by atomic mass is 32.2. The lowest BCUT2D eigenvalue weighted by Crippen LogP contribution is -2.07. The molecule has 2 aromatic carbocycles. The van der Waals surface area contributed by atoms with E-state index in [1.165, 1.54) is 45.4 Å². The summed E-state index contributed by atoms with van der Waals surface area (Å²) in [7, 11) is 0. The third-order valence-electron chi connectivity index (χ3n) is 3.91. The minimum absolute atomic E-state index is 0.0951. The standard InChI is InChI=1S/C19H22OS/c1-3-5-13-21-17-12-10-15-8-6-7-14-9-11-16(20-4-2)19(17)18(14)15/h6-12,16H,3-5,13H2,1-2H3. The number of rotatable bonds is 6. The van der Waals surface area contributed by atoms with E-state index in [-0.39, 0.29) is 6.10 Å². The fraction of sp³-hybridized carbons (Fsp3) is 0.368. The summed E-state index contributed by atoms with van der Waals surface area (Å²) in [4.78, 5) is 1.38. The van der Waals surface area contributed by atoms with Gasteiger partial charge in [-0.2, -0.15) is 0 Å². The SMILES string of the molecule is CCCCSc1ccc2cccc3c2c1C(OCC)C=C3. The zero-order chi connectivity index (χ0) is 14.7. The van der Waals surface area contributed by atoms with Crippen molar-refractivity contribution >= 4 is 28.6 Å². The first-order chi connectivity index (χ1) is 10.3. The van der Waals surface area contributed by atoms with Crippen LogP contribution in [0.2, 0.25) is 0 Å². The molecule has 0 fully saturated rings. The second-order valence-corrected chi connectivity index (χ2v) is 6.50. The second kappa shape index (κ2) is 6.67. The Bertz CT molecular complexity index is 660. The van der Waals surface area contributed by atoms with Crippen molar-refractivity contribution in [3.63, 3.8) is 0 Å². The number of unbranched alkanes of at least 4 members (excludes halogenated alkanes) is 1. The molecule has 1 aliphatic rings. The third kappa shape index (κ3) is 2.88. The van der Waals surface area contributed by atoms with Crippen LogP contribution >= 0.6 is 11.8 Å². The Hall–Kier alpha value is -1.25. The zero-order valence-electron chi connectivity index (χ0n) is 12.8. The first kappa shape index (κ1) is 14.7. The zero-order valence-corrected chi connectivity index (χ0v) is 13.6. The molecular formula is C19H22OS. The van der Waals surface area contributed by atoms with Crippen molar-refractivity contribution in [3.05, 3.63) is 47.5 Å². The molecular weight excluding hydrogens is 276 g/mol. The number of hydrogen-bond donors (Lipinski definition) is 0. The van der Waals surface area contributed by atoms with E-state index >= 15 is 0 Å². The van der Waals surface area contributed by atoms with Gasteiger partial charge >= 0.3 is 0 Å². The van der Waals surface area contributed by atoms with Crippen molar-refractivity contribution in [1.82, 2.24) is 0 Å². The van der Waals surface area contributed by atoms with Gasteiger partial charge in [0.1, 0.15) is 6.10 Å². The van der Waals surface area contributed by atoms with Gasteiger partial charge in [-0.25, -0.2) is 0 Å². The average molecular weight is 298 g/mol. The molecule has 1 aliphatic carbocycles. The second-order valence-electron chi connectivity index (χ2n) is 5.36. The van der Waals surface area contributed by atoms with Gasteiger partial charge in [0.2, 0.25) is 0 Å². The normalized spacial score (nSPS) is 16.6. The van der Waals surface area contributed by atoms with Gasteiger partial charge in [0.05, 0.1) is 0 Å². The molecule has 0 bridgehead atoms. The fourth-order valence-electron chi connectivity index (χ4n) is 2.90. The maximum absolute atomic E-state index is 5.98. The molecule has 0 saturated heterocycles. The summed E-state index contributed by atoms with van der Waals surface area (Å²) >= 11 is 1.97. The predicted octanol–water partition coefficient (Wildman–Crippen LogP) is 5.84. The van der Waals surface area contributed by atoms with E-state index in [1.54, 1.807) is 0 Å². The molecule has 0 heterocycles. The maximum Gasteiger partial charge on any atom is 0.103 e. The minimum atomic E-state index is 0.0951. The first-order valence-electron chi connectivity index (χ1n) is 7.83. The van der Waals surface area contributed by atoms with Crippen LogP contribution in [0.15, 0.2) is 41.3 Å². The molecule has 0 N–H and O–H groups in total. The number of benzene rings is 2. The molecule has 3 rings (SSSR count). The molecule has 0 spiro atoms. The average Bonchev–Trinajstić information content (AvgIpc) is 2.52. The molecule has 110 valence electrons. The molecule has 0 radical (unpaired) electrons. The van der Waals surface area contributed by atoms with Gasteiger partial charge in [-0.1, -0.05) is 49.8 Å². The highest BCUT2D eigenvalue weighted by molar-refractivity contribution is 7.99. The van der Waals surface area contributed by atoms with E-state index in [0.29, 0.717) is 0 Å².